The molecule has 0 fully saturated rings. The van der Waals surface area contributed by atoms with E-state index < -0.39 is 5.97 Å². The third-order valence-corrected chi connectivity index (χ3v) is 5.73. The summed E-state index contributed by atoms with van der Waals surface area (Å²) in [6.45, 7) is 2.45. The molecular formula is C25H20BrNO3. The number of ether oxygens (including phenoxy) is 1. The van der Waals surface area contributed by atoms with E-state index in [-0.39, 0.29) is 12.4 Å². The number of aromatic nitrogens is 1. The maximum absolute atomic E-state index is 13.3. The predicted octanol–water partition coefficient (Wildman–Crippen LogP) is 6.13. The van der Waals surface area contributed by atoms with Crippen LogP contribution in [0.1, 0.15) is 27.6 Å². The first-order chi connectivity index (χ1) is 14.6. The minimum Gasteiger partial charge on any atom is -0.454 e. The number of aryl methyl sites for hydroxylation is 1. The highest BCUT2D eigenvalue weighted by Crippen LogP contribution is 2.34. The molecule has 4 aromatic rings. The van der Waals surface area contributed by atoms with Gasteiger partial charge in [0, 0.05) is 21.9 Å². The van der Waals surface area contributed by atoms with Crippen molar-refractivity contribution in [1.29, 1.82) is 0 Å². The molecular weight excluding hydrogens is 442 g/mol. The molecule has 3 aromatic carbocycles. The molecule has 4 rings (SSSR count). The number of nitrogens with zero attached hydrogens (tertiary/aromatic N) is 1. The topological polar surface area (TPSA) is 48.3 Å². The lowest BCUT2D eigenvalue weighted by atomic mass is 10.0. The smallest absolute Gasteiger partial charge is 0.339 e. The molecule has 5 heteroatoms. The standard InChI is InChI=1S/C25H20BrNO3/c1-2-27-21-15-9-7-13-19(21)23(24(27)17-10-4-3-5-11-17)22(28)16-30-25(29)18-12-6-8-14-20(18)26/h3-15H,2,16H2,1H3. The van der Waals surface area contributed by atoms with E-state index in [2.05, 4.69) is 27.4 Å². The van der Waals surface area contributed by atoms with Crippen molar-refractivity contribution in [2.45, 2.75) is 13.5 Å². The van der Waals surface area contributed by atoms with E-state index >= 15 is 0 Å². The first kappa shape index (κ1) is 20.1. The summed E-state index contributed by atoms with van der Waals surface area (Å²) in [5.74, 6) is -0.756. The van der Waals surface area contributed by atoms with Crippen molar-refractivity contribution in [3.63, 3.8) is 0 Å². The third-order valence-electron chi connectivity index (χ3n) is 5.04. The van der Waals surface area contributed by atoms with Crippen molar-refractivity contribution in [2.75, 3.05) is 6.61 Å². The molecule has 0 bridgehead atoms. The average molecular weight is 462 g/mol. The summed E-state index contributed by atoms with van der Waals surface area (Å²) in [6.07, 6.45) is 0. The van der Waals surface area contributed by atoms with Gasteiger partial charge in [-0.3, -0.25) is 4.79 Å². The predicted molar refractivity (Wildman–Crippen MR) is 122 cm³/mol. The maximum atomic E-state index is 13.3. The van der Waals surface area contributed by atoms with Crippen LogP contribution in [-0.4, -0.2) is 22.9 Å². The molecule has 0 unspecified atom stereocenters. The van der Waals surface area contributed by atoms with Gasteiger partial charge in [-0.2, -0.15) is 0 Å². The molecule has 0 aliphatic rings. The molecule has 0 N–H and O–H groups in total. The molecule has 0 saturated carbocycles. The van der Waals surface area contributed by atoms with Gasteiger partial charge in [0.1, 0.15) is 0 Å². The first-order valence-corrected chi connectivity index (χ1v) is 10.5. The van der Waals surface area contributed by atoms with Crippen LogP contribution >= 0.6 is 15.9 Å². The lowest BCUT2D eigenvalue weighted by molar-refractivity contribution is 0.0474. The molecule has 0 radical (unpaired) electrons. The van der Waals surface area contributed by atoms with E-state index in [0.29, 0.717) is 15.6 Å². The van der Waals surface area contributed by atoms with Gasteiger partial charge >= 0.3 is 5.97 Å². The van der Waals surface area contributed by atoms with Gasteiger partial charge in [0.2, 0.25) is 5.78 Å². The number of ketones is 1. The van der Waals surface area contributed by atoms with Crippen LogP contribution < -0.4 is 0 Å². The number of esters is 1. The van der Waals surface area contributed by atoms with Crippen LogP contribution in [0, 0.1) is 0 Å². The highest BCUT2D eigenvalue weighted by atomic mass is 79.9. The molecule has 0 aliphatic heterocycles. The Bertz CT molecular complexity index is 1230. The molecule has 0 amide bonds. The van der Waals surface area contributed by atoms with Gasteiger partial charge in [-0.25, -0.2) is 4.79 Å². The lowest BCUT2D eigenvalue weighted by Gasteiger charge is -2.11. The minimum absolute atomic E-state index is 0.224. The second-order valence-electron chi connectivity index (χ2n) is 6.83. The molecule has 0 saturated heterocycles. The third kappa shape index (κ3) is 3.68. The van der Waals surface area contributed by atoms with Crippen molar-refractivity contribution in [3.05, 3.63) is 94.5 Å². The zero-order chi connectivity index (χ0) is 21.1. The quantitative estimate of drug-likeness (QED) is 0.256. The van der Waals surface area contributed by atoms with E-state index in [1.54, 1.807) is 18.2 Å². The van der Waals surface area contributed by atoms with E-state index in [1.165, 1.54) is 0 Å². The number of hydrogen-bond acceptors (Lipinski definition) is 3. The minimum atomic E-state index is -0.531. The number of rotatable bonds is 6. The fourth-order valence-corrected chi connectivity index (χ4v) is 4.16. The number of carbonyl (C=O) groups excluding carboxylic acids is 2. The number of hydrogen-bond donors (Lipinski definition) is 0. The van der Waals surface area contributed by atoms with Crippen LogP contribution in [0.4, 0.5) is 0 Å². The summed E-state index contributed by atoms with van der Waals surface area (Å²) in [4.78, 5) is 25.8. The SMILES string of the molecule is CCn1c(-c2ccccc2)c(C(=O)COC(=O)c2ccccc2Br)c2ccccc21. The number of Topliss-reactive ketones (excluding diaryl/α,β-unsaturated/α-hetero) is 1. The molecule has 0 atom stereocenters. The Kier molecular flexibility index (Phi) is 5.81. The monoisotopic (exact) mass is 461 g/mol. The van der Waals surface area contributed by atoms with Crippen molar-refractivity contribution in [3.8, 4) is 11.3 Å². The number of carbonyl (C=O) groups is 2. The first-order valence-electron chi connectivity index (χ1n) is 9.73. The number of para-hydroxylation sites is 1. The second-order valence-corrected chi connectivity index (χ2v) is 7.68. The highest BCUT2D eigenvalue weighted by molar-refractivity contribution is 9.10. The van der Waals surface area contributed by atoms with Gasteiger partial charge in [-0.15, -0.1) is 0 Å². The van der Waals surface area contributed by atoms with Gasteiger partial charge in [0.05, 0.1) is 16.8 Å². The Balaban J connectivity index is 1.74. The average Bonchev–Trinajstić information content (AvgIpc) is 3.12. The summed E-state index contributed by atoms with van der Waals surface area (Å²) in [5.41, 5.74) is 3.76. The molecule has 1 heterocycles. The van der Waals surface area contributed by atoms with Gasteiger partial charge in [0.25, 0.3) is 0 Å². The number of halogens is 1. The summed E-state index contributed by atoms with van der Waals surface area (Å²) < 4.78 is 8.15. The fourth-order valence-electron chi connectivity index (χ4n) is 3.72. The van der Waals surface area contributed by atoms with Crippen LogP contribution in [0.3, 0.4) is 0 Å². The van der Waals surface area contributed by atoms with Crippen molar-refractivity contribution in [2.24, 2.45) is 0 Å². The molecule has 1 aromatic heterocycles. The Morgan fingerprint density at radius 2 is 1.57 bits per heavy atom. The summed E-state index contributed by atoms with van der Waals surface area (Å²) in [5, 5.41) is 0.861. The molecule has 4 nitrogen and oxygen atoms in total. The number of fused-ring (bicyclic) bond motifs is 1. The summed E-state index contributed by atoms with van der Waals surface area (Å²) in [6, 6.07) is 24.7. The Labute approximate surface area is 183 Å². The normalized spacial score (nSPS) is 10.9. The zero-order valence-corrected chi connectivity index (χ0v) is 18.1. The Morgan fingerprint density at radius 1 is 0.900 bits per heavy atom. The van der Waals surface area contributed by atoms with Crippen molar-refractivity contribution in [1.82, 2.24) is 4.57 Å². The van der Waals surface area contributed by atoms with Crippen LogP contribution in [0.15, 0.2) is 83.3 Å². The van der Waals surface area contributed by atoms with E-state index in [1.807, 2.05) is 60.7 Å². The Hall–Kier alpha value is -3.18. The summed E-state index contributed by atoms with van der Waals surface area (Å²) in [7, 11) is 0. The van der Waals surface area contributed by atoms with Crippen molar-refractivity contribution < 1.29 is 14.3 Å². The van der Waals surface area contributed by atoms with Crippen molar-refractivity contribution >= 4 is 38.6 Å². The second kappa shape index (κ2) is 8.67. The molecule has 30 heavy (non-hydrogen) atoms. The Morgan fingerprint density at radius 3 is 2.30 bits per heavy atom. The molecule has 0 aliphatic carbocycles. The largest absolute Gasteiger partial charge is 0.454 e. The van der Waals surface area contributed by atoms with Crippen LogP contribution in [0.2, 0.25) is 0 Å². The van der Waals surface area contributed by atoms with Gasteiger partial charge < -0.3 is 9.30 Å². The maximum Gasteiger partial charge on any atom is 0.339 e. The van der Waals surface area contributed by atoms with Gasteiger partial charge in [-0.05, 0) is 46.6 Å². The lowest BCUT2D eigenvalue weighted by Crippen LogP contribution is -2.15. The molecule has 0 spiro atoms. The van der Waals surface area contributed by atoms with Gasteiger partial charge in [-0.1, -0.05) is 60.7 Å². The van der Waals surface area contributed by atoms with E-state index in [9.17, 15) is 9.59 Å². The zero-order valence-electron chi connectivity index (χ0n) is 16.5. The number of benzene rings is 3. The van der Waals surface area contributed by atoms with Gasteiger partial charge in [0.15, 0.2) is 6.61 Å². The highest BCUT2D eigenvalue weighted by Gasteiger charge is 2.24. The van der Waals surface area contributed by atoms with Crippen LogP contribution in [0.5, 0.6) is 0 Å². The van der Waals surface area contributed by atoms with E-state index in [0.717, 1.165) is 28.7 Å². The van der Waals surface area contributed by atoms with Crippen LogP contribution in [-0.2, 0) is 11.3 Å². The summed E-state index contributed by atoms with van der Waals surface area (Å²) >= 11 is 3.35. The molecule has 150 valence electrons. The van der Waals surface area contributed by atoms with Crippen LogP contribution in [0.25, 0.3) is 22.2 Å². The fraction of sp³-hybridized carbons (Fsp3) is 0.120. The van der Waals surface area contributed by atoms with E-state index in [4.69, 9.17) is 4.74 Å².